The van der Waals surface area contributed by atoms with Crippen LogP contribution in [0.2, 0.25) is 0 Å². The maximum Gasteiger partial charge on any atom is 0.303 e. The first kappa shape index (κ1) is 25.8. The predicted octanol–water partition coefficient (Wildman–Crippen LogP) is 1.72. The summed E-state index contributed by atoms with van der Waals surface area (Å²) in [5.41, 5.74) is -2.85. The van der Waals surface area contributed by atoms with Gasteiger partial charge in [0.1, 0.15) is 24.4 Å². The smallest absolute Gasteiger partial charge is 0.303 e. The minimum absolute atomic E-state index is 0.0743. The Kier molecular flexibility index (Phi) is 6.00. The number of aliphatic hydroxyl groups is 2. The van der Waals surface area contributed by atoms with E-state index in [4.69, 9.17) is 14.2 Å². The highest BCUT2D eigenvalue weighted by atomic mass is 16.6. The Morgan fingerprint density at radius 1 is 0.943 bits per heavy atom. The van der Waals surface area contributed by atoms with Crippen molar-refractivity contribution in [3.63, 3.8) is 0 Å². The summed E-state index contributed by atoms with van der Waals surface area (Å²) < 4.78 is 17.3. The van der Waals surface area contributed by atoms with Crippen molar-refractivity contribution in [2.24, 2.45) is 34.0 Å². The molecule has 1 spiro atoms. The van der Waals surface area contributed by atoms with Crippen LogP contribution in [0.15, 0.2) is 12.2 Å². The van der Waals surface area contributed by atoms with E-state index in [-0.39, 0.29) is 12.3 Å². The molecule has 0 amide bonds. The minimum atomic E-state index is -1.56. The minimum Gasteiger partial charge on any atom is -0.462 e. The third-order valence-electron chi connectivity index (χ3n) is 9.42. The normalized spacial score (nSPS) is 45.7. The molecule has 4 aliphatic carbocycles. The van der Waals surface area contributed by atoms with E-state index in [0.29, 0.717) is 18.4 Å². The number of rotatable bonds is 3. The fourth-order valence-corrected chi connectivity index (χ4v) is 8.39. The summed E-state index contributed by atoms with van der Waals surface area (Å²) in [6.45, 7) is 13.3. The molecule has 9 heteroatoms. The fraction of sp³-hybridized carbons (Fsp3) is 0.769. The number of Topliss-reactive ketones (excluding diaryl/α,β-unsaturated/α-hetero) is 1. The maximum atomic E-state index is 14.1. The average Bonchev–Trinajstić information content (AvgIpc) is 2.91. The topological polar surface area (TPSA) is 136 Å². The molecule has 4 saturated carbocycles. The lowest BCUT2D eigenvalue weighted by atomic mass is 9.38. The quantitative estimate of drug-likeness (QED) is 0.343. The Labute approximate surface area is 205 Å². The molecule has 0 aromatic heterocycles. The van der Waals surface area contributed by atoms with Crippen LogP contribution >= 0.6 is 0 Å². The summed E-state index contributed by atoms with van der Waals surface area (Å²) >= 11 is 0. The Hall–Kier alpha value is -2.26. The molecule has 0 heterocycles. The van der Waals surface area contributed by atoms with Gasteiger partial charge in [-0.15, -0.1) is 0 Å². The van der Waals surface area contributed by atoms with Gasteiger partial charge in [-0.2, -0.15) is 0 Å². The van der Waals surface area contributed by atoms with Crippen LogP contribution in [0.5, 0.6) is 0 Å². The van der Waals surface area contributed by atoms with Gasteiger partial charge in [-0.1, -0.05) is 27.4 Å². The standard InChI is InChI=1S/C26H36O9/c1-11-15-8-16(33-12(2)27)20-25(7)18(34-13(3)28)9-17(30)24(5,6)21(25)19(31)22(32)26(20,10-15)23(11)35-14(4)29/h15-18,20-23,30,32H,1,8-10H2,2-7H3/t15-,16-,17-,18-,20-,21+,22-,23+,25-,26+/m0/s1. The summed E-state index contributed by atoms with van der Waals surface area (Å²) in [7, 11) is 0. The summed E-state index contributed by atoms with van der Waals surface area (Å²) in [6.07, 6.45) is -4.39. The molecule has 2 N–H and O–H groups in total. The molecule has 9 nitrogen and oxygen atoms in total. The van der Waals surface area contributed by atoms with Crippen LogP contribution in [0.3, 0.4) is 0 Å². The van der Waals surface area contributed by atoms with Crippen molar-refractivity contribution in [2.45, 2.75) is 91.3 Å². The van der Waals surface area contributed by atoms with Crippen molar-refractivity contribution >= 4 is 23.7 Å². The second kappa shape index (κ2) is 8.13. The number of esters is 3. The van der Waals surface area contributed by atoms with Crippen LogP contribution in [0.1, 0.15) is 60.8 Å². The Morgan fingerprint density at radius 2 is 1.51 bits per heavy atom. The van der Waals surface area contributed by atoms with E-state index in [9.17, 15) is 29.4 Å². The molecule has 0 radical (unpaired) electrons. The van der Waals surface area contributed by atoms with Crippen molar-refractivity contribution in [1.82, 2.24) is 0 Å². The molecule has 0 aromatic rings. The lowest BCUT2D eigenvalue weighted by Gasteiger charge is -2.67. The first-order valence-corrected chi connectivity index (χ1v) is 12.2. The predicted molar refractivity (Wildman–Crippen MR) is 121 cm³/mol. The highest BCUT2D eigenvalue weighted by Gasteiger charge is 2.79. The second-order valence-corrected chi connectivity index (χ2v) is 11.7. The SMILES string of the molecule is C=C1[C@H]2C[C@H](OC(C)=O)[C@H]3[C@]4(C)[C@@H](OC(C)=O)C[C@H](O)C(C)(C)[C@H]4C(=O)[C@H](O)[C@]3(C2)[C@@H]1OC(C)=O. The number of fused-ring (bicyclic) bond motifs is 3. The van der Waals surface area contributed by atoms with Gasteiger partial charge in [0.05, 0.1) is 11.5 Å². The van der Waals surface area contributed by atoms with E-state index < -0.39 is 82.3 Å². The Balaban J connectivity index is 2.01. The van der Waals surface area contributed by atoms with E-state index in [1.54, 1.807) is 13.8 Å². The van der Waals surface area contributed by atoms with Crippen molar-refractivity contribution in [3.05, 3.63) is 12.2 Å². The van der Waals surface area contributed by atoms with Crippen LogP contribution in [0.4, 0.5) is 0 Å². The molecule has 4 rings (SSSR count). The van der Waals surface area contributed by atoms with E-state index >= 15 is 0 Å². The molecular weight excluding hydrogens is 456 g/mol. The Morgan fingerprint density at radius 3 is 2.06 bits per heavy atom. The average molecular weight is 493 g/mol. The van der Waals surface area contributed by atoms with Crippen molar-refractivity contribution in [3.8, 4) is 0 Å². The van der Waals surface area contributed by atoms with Crippen LogP contribution in [0.25, 0.3) is 0 Å². The van der Waals surface area contributed by atoms with E-state index in [1.165, 1.54) is 20.8 Å². The lowest BCUT2D eigenvalue weighted by molar-refractivity contribution is -0.275. The van der Waals surface area contributed by atoms with Crippen LogP contribution in [-0.4, -0.2) is 64.4 Å². The molecule has 0 unspecified atom stereocenters. The first-order chi connectivity index (χ1) is 16.1. The number of hydrogen-bond donors (Lipinski definition) is 2. The third kappa shape index (κ3) is 3.41. The molecule has 0 saturated heterocycles. The van der Waals surface area contributed by atoms with E-state index in [2.05, 4.69) is 6.58 Å². The van der Waals surface area contributed by atoms with Crippen LogP contribution < -0.4 is 0 Å². The van der Waals surface area contributed by atoms with Gasteiger partial charge in [0.2, 0.25) is 0 Å². The maximum absolute atomic E-state index is 14.1. The zero-order chi connectivity index (χ0) is 26.2. The monoisotopic (exact) mass is 492 g/mol. The van der Waals surface area contributed by atoms with Gasteiger partial charge in [0, 0.05) is 49.9 Å². The number of ketones is 1. The van der Waals surface area contributed by atoms with E-state index in [0.717, 1.165) is 0 Å². The van der Waals surface area contributed by atoms with Gasteiger partial charge in [0.25, 0.3) is 0 Å². The van der Waals surface area contributed by atoms with Crippen LogP contribution in [-0.2, 0) is 33.4 Å². The molecule has 4 fully saturated rings. The van der Waals surface area contributed by atoms with Gasteiger partial charge < -0.3 is 24.4 Å². The number of ether oxygens (including phenoxy) is 3. The summed E-state index contributed by atoms with van der Waals surface area (Å²) in [5.74, 6) is -4.05. The number of aliphatic hydroxyl groups excluding tert-OH is 2. The van der Waals surface area contributed by atoms with Crippen molar-refractivity contribution < 1.29 is 43.6 Å². The molecule has 10 atom stereocenters. The zero-order valence-electron chi connectivity index (χ0n) is 21.2. The number of carbonyl (C=O) groups is 4. The van der Waals surface area contributed by atoms with Crippen LogP contribution in [0, 0.1) is 34.0 Å². The highest BCUT2D eigenvalue weighted by molar-refractivity contribution is 5.90. The molecule has 35 heavy (non-hydrogen) atoms. The van der Waals surface area contributed by atoms with Gasteiger partial charge in [-0.3, -0.25) is 19.2 Å². The molecule has 194 valence electrons. The zero-order valence-corrected chi connectivity index (χ0v) is 21.2. The fourth-order valence-electron chi connectivity index (χ4n) is 8.39. The molecular formula is C26H36O9. The van der Waals surface area contributed by atoms with Gasteiger partial charge >= 0.3 is 17.9 Å². The molecule has 0 aromatic carbocycles. The summed E-state index contributed by atoms with van der Waals surface area (Å²) in [4.78, 5) is 50.6. The van der Waals surface area contributed by atoms with Crippen molar-refractivity contribution in [2.75, 3.05) is 0 Å². The first-order valence-electron chi connectivity index (χ1n) is 12.2. The largest absolute Gasteiger partial charge is 0.462 e. The summed E-state index contributed by atoms with van der Waals surface area (Å²) in [5, 5.41) is 22.8. The highest BCUT2D eigenvalue weighted by Crippen LogP contribution is 2.72. The number of carbonyl (C=O) groups excluding carboxylic acids is 4. The third-order valence-corrected chi connectivity index (χ3v) is 9.42. The summed E-state index contributed by atoms with van der Waals surface area (Å²) in [6, 6.07) is 0. The van der Waals surface area contributed by atoms with Gasteiger partial charge in [0.15, 0.2) is 5.78 Å². The molecule has 0 aliphatic heterocycles. The van der Waals surface area contributed by atoms with Gasteiger partial charge in [-0.25, -0.2) is 0 Å². The van der Waals surface area contributed by atoms with Gasteiger partial charge in [-0.05, 0) is 24.3 Å². The second-order valence-electron chi connectivity index (χ2n) is 11.7. The Bertz CT molecular complexity index is 985. The number of hydrogen-bond acceptors (Lipinski definition) is 9. The van der Waals surface area contributed by atoms with E-state index in [1.807, 2.05) is 6.92 Å². The molecule has 4 aliphatic rings. The lowest BCUT2D eigenvalue weighted by Crippen LogP contribution is -2.76. The molecule has 2 bridgehead atoms. The van der Waals surface area contributed by atoms with Crippen molar-refractivity contribution in [1.29, 1.82) is 0 Å².